The zero-order valence-corrected chi connectivity index (χ0v) is 20.1. The number of fused-ring (bicyclic) bond motifs is 1. The molecule has 0 fully saturated rings. The average molecular weight is 537 g/mol. The molecule has 8 nitrogen and oxygen atoms in total. The maximum atomic E-state index is 12.6. The molecule has 0 saturated heterocycles. The number of benzene rings is 2. The molecule has 2 heterocycles. The minimum Gasteiger partial charge on any atom is -0.497 e. The van der Waals surface area contributed by atoms with Gasteiger partial charge in [0.2, 0.25) is 10.0 Å². The predicted molar refractivity (Wildman–Crippen MR) is 128 cm³/mol. The fraction of sp³-hybridized carbons (Fsp3) is 0.143. The number of sulfonamides is 1. The van der Waals surface area contributed by atoms with Gasteiger partial charge in [-0.2, -0.15) is 9.61 Å². The summed E-state index contributed by atoms with van der Waals surface area (Å²) in [4.78, 5) is 4.79. The number of rotatable bonds is 8. The third kappa shape index (κ3) is 4.73. The van der Waals surface area contributed by atoms with E-state index in [1.807, 2.05) is 24.3 Å². The van der Waals surface area contributed by atoms with Crippen molar-refractivity contribution in [3.8, 4) is 17.0 Å². The van der Waals surface area contributed by atoms with E-state index in [4.69, 9.17) is 16.3 Å². The van der Waals surface area contributed by atoms with E-state index in [1.165, 1.54) is 19.2 Å². The van der Waals surface area contributed by atoms with Gasteiger partial charge < -0.3 is 10.1 Å². The normalized spacial score (nSPS) is 11.6. The van der Waals surface area contributed by atoms with Crippen LogP contribution in [0.15, 0.2) is 70.2 Å². The molecule has 0 aliphatic carbocycles. The van der Waals surface area contributed by atoms with E-state index in [0.717, 1.165) is 10.0 Å². The number of hydrogen-bond donors (Lipinski definition) is 2. The van der Waals surface area contributed by atoms with E-state index in [0.29, 0.717) is 34.5 Å². The summed E-state index contributed by atoms with van der Waals surface area (Å²) < 4.78 is 35.2. The Bertz CT molecular complexity index is 1380. The Kier molecular flexibility index (Phi) is 6.66. The van der Waals surface area contributed by atoms with Gasteiger partial charge >= 0.3 is 0 Å². The van der Waals surface area contributed by atoms with Gasteiger partial charge in [-0.15, -0.1) is 0 Å². The number of anilines is 1. The molecule has 0 aliphatic rings. The lowest BCUT2D eigenvalue weighted by Crippen LogP contribution is -2.29. The number of methoxy groups -OCH3 is 1. The molecule has 2 aromatic heterocycles. The molecule has 4 rings (SSSR count). The second-order valence-corrected chi connectivity index (χ2v) is 9.77. The molecule has 0 atom stereocenters. The lowest BCUT2D eigenvalue weighted by molar-refractivity contribution is 0.413. The van der Waals surface area contributed by atoms with Gasteiger partial charge in [0.25, 0.3) is 0 Å². The van der Waals surface area contributed by atoms with Gasteiger partial charge in [0.05, 0.1) is 28.4 Å². The second kappa shape index (κ2) is 9.45. The first kappa shape index (κ1) is 22.5. The molecular weight excluding hydrogens is 518 g/mol. The first-order valence-corrected chi connectivity index (χ1v) is 12.2. The quantitative estimate of drug-likeness (QED) is 0.328. The van der Waals surface area contributed by atoms with E-state index >= 15 is 0 Å². The number of halogens is 2. The first-order valence-electron chi connectivity index (χ1n) is 9.56. The van der Waals surface area contributed by atoms with Crippen LogP contribution in [0, 0.1) is 0 Å². The first-order chi connectivity index (χ1) is 15.4. The molecule has 0 radical (unpaired) electrons. The summed E-state index contributed by atoms with van der Waals surface area (Å²) >= 11 is 9.82. The van der Waals surface area contributed by atoms with Crippen molar-refractivity contribution in [2.45, 2.75) is 4.90 Å². The van der Waals surface area contributed by atoms with Gasteiger partial charge in [0, 0.05) is 35.8 Å². The van der Waals surface area contributed by atoms with Crippen molar-refractivity contribution >= 4 is 49.0 Å². The fourth-order valence-electron chi connectivity index (χ4n) is 3.10. The second-order valence-electron chi connectivity index (χ2n) is 6.74. The summed E-state index contributed by atoms with van der Waals surface area (Å²) in [7, 11) is -2.18. The van der Waals surface area contributed by atoms with E-state index in [2.05, 4.69) is 36.1 Å². The lowest BCUT2D eigenvalue weighted by Gasteiger charge is -2.12. The van der Waals surface area contributed by atoms with Crippen LogP contribution in [0.25, 0.3) is 16.9 Å². The van der Waals surface area contributed by atoms with Crippen molar-refractivity contribution in [1.82, 2.24) is 19.3 Å². The molecule has 0 aliphatic heterocycles. The maximum absolute atomic E-state index is 12.6. The summed E-state index contributed by atoms with van der Waals surface area (Å²) in [5.74, 6) is 1.12. The van der Waals surface area contributed by atoms with Gasteiger partial charge in [-0.3, -0.25) is 0 Å². The average Bonchev–Trinajstić information content (AvgIpc) is 3.18. The van der Waals surface area contributed by atoms with Gasteiger partial charge in [-0.1, -0.05) is 35.9 Å². The summed E-state index contributed by atoms with van der Waals surface area (Å²) in [5, 5.41) is 8.13. The highest BCUT2D eigenvalue weighted by Gasteiger charge is 2.15. The van der Waals surface area contributed by atoms with Crippen LogP contribution in [-0.4, -0.2) is 43.2 Å². The number of ether oxygens (including phenoxy) is 1. The molecule has 0 spiro atoms. The van der Waals surface area contributed by atoms with Crippen molar-refractivity contribution in [1.29, 1.82) is 0 Å². The lowest BCUT2D eigenvalue weighted by atomic mass is 10.1. The summed E-state index contributed by atoms with van der Waals surface area (Å²) in [6.07, 6.45) is 1.65. The fourth-order valence-corrected chi connectivity index (χ4v) is 4.74. The number of nitrogens with zero attached hydrogens (tertiary/aromatic N) is 3. The third-order valence-electron chi connectivity index (χ3n) is 4.65. The summed E-state index contributed by atoms with van der Waals surface area (Å²) in [6, 6.07) is 15.6. The van der Waals surface area contributed by atoms with Gasteiger partial charge in [-0.25, -0.2) is 18.1 Å². The Hall–Kier alpha value is -2.66. The van der Waals surface area contributed by atoms with E-state index in [-0.39, 0.29) is 11.4 Å². The topological polar surface area (TPSA) is 97.6 Å². The van der Waals surface area contributed by atoms with Crippen LogP contribution < -0.4 is 14.8 Å². The Labute approximate surface area is 198 Å². The molecule has 0 bridgehead atoms. The zero-order chi connectivity index (χ0) is 22.7. The zero-order valence-electron chi connectivity index (χ0n) is 16.9. The number of aromatic nitrogens is 3. The van der Waals surface area contributed by atoms with Crippen LogP contribution in [-0.2, 0) is 10.0 Å². The molecule has 0 saturated carbocycles. The van der Waals surface area contributed by atoms with E-state index in [1.54, 1.807) is 28.9 Å². The predicted octanol–water partition coefficient (Wildman–Crippen LogP) is 4.21. The highest BCUT2D eigenvalue weighted by Crippen LogP contribution is 2.30. The Morgan fingerprint density at radius 3 is 2.72 bits per heavy atom. The number of nitrogens with one attached hydrogen (secondary N) is 2. The molecule has 11 heteroatoms. The molecule has 2 N–H and O–H groups in total. The molecule has 32 heavy (non-hydrogen) atoms. The third-order valence-corrected chi connectivity index (χ3v) is 7.00. The van der Waals surface area contributed by atoms with Gasteiger partial charge in [0.1, 0.15) is 11.6 Å². The SMILES string of the molecule is COc1cccc(S(=O)(=O)NCCNc2cc(-c3ccccc3Cl)nc3c(Br)cnn23)c1. The largest absolute Gasteiger partial charge is 0.497 e. The Morgan fingerprint density at radius 1 is 1.12 bits per heavy atom. The highest BCUT2D eigenvalue weighted by molar-refractivity contribution is 9.10. The summed E-state index contributed by atoms with van der Waals surface area (Å²) in [5.41, 5.74) is 2.07. The summed E-state index contributed by atoms with van der Waals surface area (Å²) in [6.45, 7) is 0.481. The monoisotopic (exact) mass is 535 g/mol. The van der Waals surface area contributed by atoms with Gasteiger partial charge in [-0.05, 0) is 34.1 Å². The van der Waals surface area contributed by atoms with Crippen molar-refractivity contribution in [2.24, 2.45) is 0 Å². The van der Waals surface area contributed by atoms with E-state index in [9.17, 15) is 8.42 Å². The highest BCUT2D eigenvalue weighted by atomic mass is 79.9. The molecule has 0 unspecified atom stereocenters. The molecule has 0 amide bonds. The van der Waals surface area contributed by atoms with E-state index < -0.39 is 10.0 Å². The van der Waals surface area contributed by atoms with Crippen LogP contribution >= 0.6 is 27.5 Å². The number of hydrogen-bond acceptors (Lipinski definition) is 6. The van der Waals surface area contributed by atoms with Crippen molar-refractivity contribution in [3.05, 3.63) is 70.3 Å². The smallest absolute Gasteiger partial charge is 0.240 e. The molecule has 4 aromatic rings. The van der Waals surface area contributed by atoms with Crippen LogP contribution in [0.5, 0.6) is 5.75 Å². The Morgan fingerprint density at radius 2 is 1.94 bits per heavy atom. The van der Waals surface area contributed by atoms with Crippen LogP contribution in [0.1, 0.15) is 0 Å². The Balaban J connectivity index is 1.52. The van der Waals surface area contributed by atoms with Crippen molar-refractivity contribution < 1.29 is 13.2 Å². The van der Waals surface area contributed by atoms with Crippen LogP contribution in [0.3, 0.4) is 0 Å². The minimum absolute atomic E-state index is 0.139. The standard InChI is InChI=1S/C21H19BrClN5O3S/c1-31-14-5-4-6-15(11-14)32(29,30)26-10-9-24-20-12-19(16-7-2-3-8-18(16)23)27-21-17(22)13-25-28(20)21/h2-8,11-13,24,26H,9-10H2,1H3. The van der Waals surface area contributed by atoms with Crippen molar-refractivity contribution in [3.63, 3.8) is 0 Å². The van der Waals surface area contributed by atoms with Crippen molar-refractivity contribution in [2.75, 3.05) is 25.5 Å². The molecule has 2 aromatic carbocycles. The van der Waals surface area contributed by atoms with Gasteiger partial charge in [0.15, 0.2) is 5.65 Å². The molecule has 166 valence electrons. The van der Waals surface area contributed by atoms with Crippen LogP contribution in [0.4, 0.5) is 5.82 Å². The minimum atomic E-state index is -3.67. The molecular formula is C21H19BrClN5O3S. The van der Waals surface area contributed by atoms with Crippen LogP contribution in [0.2, 0.25) is 5.02 Å². The maximum Gasteiger partial charge on any atom is 0.240 e.